The molecule has 1 aromatic heterocycles. The number of anilines is 1. The van der Waals surface area contributed by atoms with Crippen LogP contribution < -0.4 is 10.2 Å². The second-order valence-corrected chi connectivity index (χ2v) is 5.95. The lowest BCUT2D eigenvalue weighted by atomic mass is 9.96. The molecule has 0 bridgehead atoms. The van der Waals surface area contributed by atoms with E-state index in [9.17, 15) is 13.2 Å². The minimum absolute atomic E-state index is 0.162. The number of aromatic nitrogens is 1. The van der Waals surface area contributed by atoms with Crippen molar-refractivity contribution in [3.8, 4) is 0 Å². The van der Waals surface area contributed by atoms with Crippen molar-refractivity contribution in [3.05, 3.63) is 23.9 Å². The largest absolute Gasteiger partial charge is 0.391 e. The summed E-state index contributed by atoms with van der Waals surface area (Å²) in [6.07, 6.45) is -1.28. The molecule has 0 aromatic carbocycles. The SMILES string of the molecule is FC(F)(F)C1CCN(c2cccc(CNC3CC3)n2)CC1. The smallest absolute Gasteiger partial charge is 0.357 e. The van der Waals surface area contributed by atoms with Crippen molar-refractivity contribution in [1.82, 2.24) is 10.3 Å². The van der Waals surface area contributed by atoms with Crippen LogP contribution in [0.25, 0.3) is 0 Å². The Balaban J connectivity index is 1.58. The summed E-state index contributed by atoms with van der Waals surface area (Å²) in [4.78, 5) is 6.53. The van der Waals surface area contributed by atoms with Crippen LogP contribution in [0.3, 0.4) is 0 Å². The van der Waals surface area contributed by atoms with E-state index in [4.69, 9.17) is 0 Å². The van der Waals surface area contributed by atoms with Gasteiger partial charge in [0, 0.05) is 25.7 Å². The van der Waals surface area contributed by atoms with Gasteiger partial charge in [0.25, 0.3) is 0 Å². The molecule has 116 valence electrons. The molecule has 0 atom stereocenters. The lowest BCUT2D eigenvalue weighted by Gasteiger charge is -2.33. The van der Waals surface area contributed by atoms with Gasteiger partial charge in [0.1, 0.15) is 5.82 Å². The maximum absolute atomic E-state index is 12.7. The fraction of sp³-hybridized carbons (Fsp3) is 0.667. The van der Waals surface area contributed by atoms with Crippen LogP contribution in [0.5, 0.6) is 0 Å². The van der Waals surface area contributed by atoms with Gasteiger partial charge in [0.15, 0.2) is 0 Å². The highest BCUT2D eigenvalue weighted by Crippen LogP contribution is 2.35. The minimum atomic E-state index is -4.06. The number of pyridine rings is 1. The molecule has 3 rings (SSSR count). The molecule has 1 aromatic rings. The lowest BCUT2D eigenvalue weighted by molar-refractivity contribution is -0.179. The van der Waals surface area contributed by atoms with E-state index in [2.05, 4.69) is 10.3 Å². The van der Waals surface area contributed by atoms with E-state index < -0.39 is 12.1 Å². The van der Waals surface area contributed by atoms with Gasteiger partial charge in [-0.25, -0.2) is 4.98 Å². The van der Waals surface area contributed by atoms with E-state index in [0.29, 0.717) is 19.1 Å². The first-order chi connectivity index (χ1) is 10.0. The molecule has 3 nitrogen and oxygen atoms in total. The molecule has 0 amide bonds. The van der Waals surface area contributed by atoms with Gasteiger partial charge in [-0.05, 0) is 37.8 Å². The third-order valence-electron chi connectivity index (χ3n) is 4.22. The summed E-state index contributed by atoms with van der Waals surface area (Å²) in [5.41, 5.74) is 0.956. The number of halogens is 3. The normalized spacial score (nSPS) is 20.8. The second kappa shape index (κ2) is 5.83. The summed E-state index contributed by atoms with van der Waals surface area (Å²) in [6, 6.07) is 6.40. The van der Waals surface area contributed by atoms with Crippen LogP contribution >= 0.6 is 0 Å². The molecule has 0 unspecified atom stereocenters. The summed E-state index contributed by atoms with van der Waals surface area (Å²) in [5, 5.41) is 3.40. The molecule has 1 aliphatic carbocycles. The number of hydrogen-bond donors (Lipinski definition) is 1. The van der Waals surface area contributed by atoms with E-state index in [1.54, 1.807) is 0 Å². The van der Waals surface area contributed by atoms with Crippen LogP contribution in [0.15, 0.2) is 18.2 Å². The Morgan fingerprint density at radius 1 is 1.14 bits per heavy atom. The predicted molar refractivity (Wildman–Crippen MR) is 75.1 cm³/mol. The first-order valence-corrected chi connectivity index (χ1v) is 7.53. The number of nitrogens with zero attached hydrogens (tertiary/aromatic N) is 2. The Bertz CT molecular complexity index is 477. The van der Waals surface area contributed by atoms with Gasteiger partial charge in [-0.2, -0.15) is 13.2 Å². The second-order valence-electron chi connectivity index (χ2n) is 5.95. The fourth-order valence-electron chi connectivity index (χ4n) is 2.71. The van der Waals surface area contributed by atoms with Crippen LogP contribution in [0.2, 0.25) is 0 Å². The zero-order chi connectivity index (χ0) is 14.9. The number of piperidine rings is 1. The van der Waals surface area contributed by atoms with E-state index in [1.807, 2.05) is 23.1 Å². The van der Waals surface area contributed by atoms with Gasteiger partial charge < -0.3 is 10.2 Å². The summed E-state index contributed by atoms with van der Waals surface area (Å²) < 4.78 is 38.0. The third kappa shape index (κ3) is 3.87. The molecule has 1 N–H and O–H groups in total. The monoisotopic (exact) mass is 299 g/mol. The van der Waals surface area contributed by atoms with E-state index in [0.717, 1.165) is 18.1 Å². The van der Waals surface area contributed by atoms with Gasteiger partial charge in [-0.1, -0.05) is 6.07 Å². The summed E-state index contributed by atoms with van der Waals surface area (Å²) in [5.74, 6) is -0.362. The molecule has 2 heterocycles. The van der Waals surface area contributed by atoms with E-state index >= 15 is 0 Å². The summed E-state index contributed by atoms with van der Waals surface area (Å²) in [7, 11) is 0. The zero-order valence-corrected chi connectivity index (χ0v) is 11.9. The van der Waals surface area contributed by atoms with Gasteiger partial charge in [-0.15, -0.1) is 0 Å². The van der Waals surface area contributed by atoms with Crippen molar-refractivity contribution in [3.63, 3.8) is 0 Å². The van der Waals surface area contributed by atoms with Crippen LogP contribution in [0, 0.1) is 5.92 Å². The first-order valence-electron chi connectivity index (χ1n) is 7.53. The molecular formula is C15H20F3N3. The average molecular weight is 299 g/mol. The van der Waals surface area contributed by atoms with Gasteiger partial charge >= 0.3 is 6.18 Å². The van der Waals surface area contributed by atoms with Crippen molar-refractivity contribution >= 4 is 5.82 Å². The van der Waals surface area contributed by atoms with E-state index in [-0.39, 0.29) is 12.8 Å². The van der Waals surface area contributed by atoms with E-state index in [1.165, 1.54) is 12.8 Å². The summed E-state index contributed by atoms with van der Waals surface area (Å²) in [6.45, 7) is 1.59. The Labute approximate surface area is 122 Å². The molecule has 21 heavy (non-hydrogen) atoms. The van der Waals surface area contributed by atoms with Crippen molar-refractivity contribution in [1.29, 1.82) is 0 Å². The highest BCUT2D eigenvalue weighted by molar-refractivity contribution is 5.39. The van der Waals surface area contributed by atoms with Crippen LogP contribution in [-0.4, -0.2) is 30.3 Å². The van der Waals surface area contributed by atoms with Gasteiger partial charge in [0.2, 0.25) is 0 Å². The van der Waals surface area contributed by atoms with Gasteiger partial charge in [0.05, 0.1) is 11.6 Å². The molecule has 6 heteroatoms. The predicted octanol–water partition coefficient (Wildman–Crippen LogP) is 3.11. The molecular weight excluding hydrogens is 279 g/mol. The Kier molecular flexibility index (Phi) is 4.06. The molecule has 1 aliphatic heterocycles. The number of nitrogens with one attached hydrogen (secondary N) is 1. The standard InChI is InChI=1S/C15H20F3N3/c16-15(17,18)11-6-8-21(9-7-11)14-3-1-2-13(20-14)10-19-12-4-5-12/h1-3,11-12,19H,4-10H2. The first kappa shape index (κ1) is 14.6. The Morgan fingerprint density at radius 2 is 1.86 bits per heavy atom. The molecule has 2 aliphatic rings. The maximum atomic E-state index is 12.7. The van der Waals surface area contributed by atoms with Crippen molar-refractivity contribution in [2.24, 2.45) is 5.92 Å². The molecule has 0 radical (unpaired) electrons. The number of alkyl halides is 3. The van der Waals surface area contributed by atoms with Gasteiger partial charge in [-0.3, -0.25) is 0 Å². The fourth-order valence-corrected chi connectivity index (χ4v) is 2.71. The van der Waals surface area contributed by atoms with Crippen molar-refractivity contribution in [2.75, 3.05) is 18.0 Å². The highest BCUT2D eigenvalue weighted by atomic mass is 19.4. The minimum Gasteiger partial charge on any atom is -0.357 e. The number of rotatable bonds is 4. The quantitative estimate of drug-likeness (QED) is 0.926. The average Bonchev–Trinajstić information content (AvgIpc) is 3.29. The molecule has 1 saturated heterocycles. The van der Waals surface area contributed by atoms with Crippen LogP contribution in [0.4, 0.5) is 19.0 Å². The highest BCUT2D eigenvalue weighted by Gasteiger charge is 2.41. The Morgan fingerprint density at radius 3 is 2.48 bits per heavy atom. The van der Waals surface area contributed by atoms with Crippen molar-refractivity contribution < 1.29 is 13.2 Å². The zero-order valence-electron chi connectivity index (χ0n) is 11.9. The maximum Gasteiger partial charge on any atom is 0.391 e. The Hall–Kier alpha value is -1.30. The summed E-state index contributed by atoms with van der Waals surface area (Å²) >= 11 is 0. The topological polar surface area (TPSA) is 28.2 Å². The molecule has 0 spiro atoms. The van der Waals surface area contributed by atoms with Crippen LogP contribution in [-0.2, 0) is 6.54 Å². The molecule has 2 fully saturated rings. The lowest BCUT2D eigenvalue weighted by Crippen LogP contribution is -2.39. The molecule has 1 saturated carbocycles. The third-order valence-corrected chi connectivity index (χ3v) is 4.22. The van der Waals surface area contributed by atoms with Crippen LogP contribution in [0.1, 0.15) is 31.4 Å². The van der Waals surface area contributed by atoms with Crippen molar-refractivity contribution in [2.45, 2.75) is 44.4 Å². The number of hydrogen-bond acceptors (Lipinski definition) is 3.